The van der Waals surface area contributed by atoms with Gasteiger partial charge in [-0.05, 0) is 77.0 Å². The maximum absolute atomic E-state index is 12.6. The molecule has 0 aliphatic carbocycles. The van der Waals surface area contributed by atoms with Gasteiger partial charge in [0, 0.05) is 12.8 Å². The van der Waals surface area contributed by atoms with Crippen molar-refractivity contribution in [2.24, 2.45) is 5.73 Å². The van der Waals surface area contributed by atoms with Gasteiger partial charge in [0.05, 0.1) is 25.4 Å². The predicted octanol–water partition coefficient (Wildman–Crippen LogP) is 9.55. The number of carboxylic acid groups (broad SMARTS) is 1. The van der Waals surface area contributed by atoms with Gasteiger partial charge in [0.25, 0.3) is 0 Å². The van der Waals surface area contributed by atoms with Crippen molar-refractivity contribution in [2.75, 3.05) is 19.8 Å². The van der Waals surface area contributed by atoms with Crippen molar-refractivity contribution in [3.63, 3.8) is 0 Å². The number of allylic oxidation sites excluding steroid dienone is 16. The van der Waals surface area contributed by atoms with E-state index < -0.39 is 69.9 Å². The van der Waals surface area contributed by atoms with Crippen molar-refractivity contribution in [3.8, 4) is 0 Å². The van der Waals surface area contributed by atoms with Crippen LogP contribution in [0.15, 0.2) is 122 Å². The van der Waals surface area contributed by atoms with Gasteiger partial charge in [0.1, 0.15) is 12.6 Å². The molecule has 0 bridgehead atoms. The minimum atomic E-state index is -4.78. The summed E-state index contributed by atoms with van der Waals surface area (Å²) in [6.45, 7) is 2.25. The third-order valence-electron chi connectivity index (χ3n) is 8.38. The summed E-state index contributed by atoms with van der Waals surface area (Å²) in [5.74, 6) is -2.64. The topological polar surface area (TPSA) is 212 Å². The average molecular weight is 888 g/mol. The maximum Gasteiger partial charge on any atom is 0.472 e. The average Bonchev–Trinajstić information content (AvgIpc) is 3.24. The second-order valence-corrected chi connectivity index (χ2v) is 15.6. The van der Waals surface area contributed by atoms with E-state index in [4.69, 9.17) is 24.8 Å². The molecule has 0 spiro atoms. The zero-order valence-corrected chi connectivity index (χ0v) is 37.8. The molecule has 0 fully saturated rings. The number of aliphatic carboxylic acids is 1. The predicted molar refractivity (Wildman–Crippen MR) is 247 cm³/mol. The number of phosphoric acid groups is 1. The van der Waals surface area contributed by atoms with Crippen LogP contribution in [0, 0.1) is 0 Å². The van der Waals surface area contributed by atoms with E-state index in [1.165, 1.54) is 0 Å². The van der Waals surface area contributed by atoms with Gasteiger partial charge in [0.2, 0.25) is 0 Å². The van der Waals surface area contributed by atoms with Crippen molar-refractivity contribution in [1.29, 1.82) is 0 Å². The van der Waals surface area contributed by atoms with Crippen LogP contribution in [0.5, 0.6) is 0 Å². The molecule has 6 N–H and O–H groups in total. The molecule has 1 unspecified atom stereocenters. The Labute approximate surface area is 370 Å². The first-order valence-electron chi connectivity index (χ1n) is 21.8. The molecule has 0 aromatic rings. The standard InChI is InChI=1S/C48H74NO12P/c1-3-5-7-8-9-10-11-12-13-14-15-16-17-18-22-25-31-38-47(53)61-44(40-59-62(56,57)60-41-45(49)48(54)55)39-58-46(52)37-32-26-30-36-43(51)35-29-24-21-19-20-23-28-34-42(50)33-27-6-4-2/h5-7,9-10,12-13,15-16,20-21,23-24,27-30,34-36,42-45,50-51H,3-4,8,11,14,17-19,22,25-26,31-33,37-41,49H2,1-2H3,(H,54,55)(H,56,57)/b7-5-,10-9-,13-12-,16-15-,23-20-,24-21-,27-6-,34-28+,35-29+,36-30-/t42-,43-,44-,45+/m1/s1. The van der Waals surface area contributed by atoms with Crippen LogP contribution in [0.25, 0.3) is 0 Å². The fraction of sp³-hybridized carbons (Fsp3) is 0.521. The largest absolute Gasteiger partial charge is 0.480 e. The molecule has 0 radical (unpaired) electrons. The number of carbonyl (C=O) groups excluding carboxylic acids is 2. The van der Waals surface area contributed by atoms with E-state index in [0.717, 1.165) is 57.8 Å². The summed E-state index contributed by atoms with van der Waals surface area (Å²) < 4.78 is 32.5. The molecule has 0 saturated heterocycles. The van der Waals surface area contributed by atoms with Crippen molar-refractivity contribution in [3.05, 3.63) is 122 Å². The summed E-state index contributed by atoms with van der Waals surface area (Å²) in [6.07, 6.45) is 47.7. The minimum absolute atomic E-state index is 0.0215. The summed E-state index contributed by atoms with van der Waals surface area (Å²) >= 11 is 0. The Kier molecular flexibility index (Phi) is 38.1. The summed E-state index contributed by atoms with van der Waals surface area (Å²) in [5, 5.41) is 28.9. The Bertz CT molecular complexity index is 1540. The number of rotatable bonds is 38. The number of aliphatic hydroxyl groups is 2. The van der Waals surface area contributed by atoms with Crippen molar-refractivity contribution < 1.29 is 57.7 Å². The zero-order chi connectivity index (χ0) is 45.9. The molecule has 14 heteroatoms. The normalized spacial score (nSPS) is 15.8. The molecule has 5 atom stereocenters. The van der Waals surface area contributed by atoms with Gasteiger partial charge in [-0.3, -0.25) is 23.4 Å². The second-order valence-electron chi connectivity index (χ2n) is 14.1. The molecule has 62 heavy (non-hydrogen) atoms. The highest BCUT2D eigenvalue weighted by Crippen LogP contribution is 2.43. The summed E-state index contributed by atoms with van der Waals surface area (Å²) in [6, 6.07) is -1.56. The molecule has 0 aliphatic heterocycles. The molecular formula is C48H74NO12P. The maximum atomic E-state index is 12.6. The first-order valence-corrected chi connectivity index (χ1v) is 23.3. The Hall–Kier alpha value is -4.20. The van der Waals surface area contributed by atoms with Crippen LogP contribution in [-0.4, -0.2) is 82.3 Å². The summed E-state index contributed by atoms with van der Waals surface area (Å²) in [7, 11) is -4.78. The van der Waals surface area contributed by atoms with E-state index in [2.05, 4.69) is 60.1 Å². The van der Waals surface area contributed by atoms with E-state index in [-0.39, 0.29) is 12.8 Å². The highest BCUT2D eigenvalue weighted by molar-refractivity contribution is 7.47. The zero-order valence-electron chi connectivity index (χ0n) is 36.9. The Balaban J connectivity index is 4.68. The van der Waals surface area contributed by atoms with Gasteiger partial charge in [0.15, 0.2) is 6.10 Å². The molecule has 0 rings (SSSR count). The van der Waals surface area contributed by atoms with Gasteiger partial charge in [-0.25, -0.2) is 4.57 Å². The lowest BCUT2D eigenvalue weighted by Crippen LogP contribution is -2.34. The van der Waals surface area contributed by atoms with Crippen LogP contribution in [-0.2, 0) is 37.5 Å². The number of carbonyl (C=O) groups is 3. The van der Waals surface area contributed by atoms with Crippen LogP contribution < -0.4 is 5.73 Å². The van der Waals surface area contributed by atoms with Gasteiger partial charge in [-0.2, -0.15) is 0 Å². The molecule has 0 amide bonds. The van der Waals surface area contributed by atoms with Gasteiger partial charge < -0.3 is 35.4 Å². The number of hydrogen-bond donors (Lipinski definition) is 5. The Morgan fingerprint density at radius 2 is 1.15 bits per heavy atom. The molecule has 348 valence electrons. The number of hydrogen-bond acceptors (Lipinski definition) is 11. The lowest BCUT2D eigenvalue weighted by atomic mass is 10.1. The van der Waals surface area contributed by atoms with Crippen molar-refractivity contribution in [1.82, 2.24) is 0 Å². The van der Waals surface area contributed by atoms with E-state index >= 15 is 0 Å². The SMILES string of the molecule is CC/C=C\C/C=C\C/C=C\C/C=C\CCCCCCC(=O)O[C@H](COC(=O)CCC/C=C\[C@H](O)/C=C/C=C\C/C=C\C=C\[C@H](O)C/C=C\CC)COP(=O)(O)OC[C@H](N)C(=O)O. The van der Waals surface area contributed by atoms with Crippen LogP contribution in [0.3, 0.4) is 0 Å². The summed E-state index contributed by atoms with van der Waals surface area (Å²) in [5.41, 5.74) is 5.32. The Morgan fingerprint density at radius 1 is 0.597 bits per heavy atom. The molecule has 0 aliphatic rings. The molecule has 0 heterocycles. The fourth-order valence-corrected chi connectivity index (χ4v) is 5.75. The number of phosphoric ester groups is 1. The van der Waals surface area contributed by atoms with E-state index in [1.807, 2.05) is 49.5 Å². The van der Waals surface area contributed by atoms with Crippen LogP contribution in [0.2, 0.25) is 0 Å². The van der Waals surface area contributed by atoms with Gasteiger partial charge in [-0.1, -0.05) is 148 Å². The highest BCUT2D eigenvalue weighted by Gasteiger charge is 2.28. The Morgan fingerprint density at radius 3 is 1.81 bits per heavy atom. The number of unbranched alkanes of at least 4 members (excludes halogenated alkanes) is 5. The highest BCUT2D eigenvalue weighted by atomic mass is 31.2. The lowest BCUT2D eigenvalue weighted by Gasteiger charge is -2.20. The lowest BCUT2D eigenvalue weighted by molar-refractivity contribution is -0.161. The number of carboxylic acids is 1. The second kappa shape index (κ2) is 40.8. The number of esters is 2. The molecular weight excluding hydrogens is 813 g/mol. The van der Waals surface area contributed by atoms with Crippen LogP contribution in [0.4, 0.5) is 0 Å². The molecule has 0 aromatic carbocycles. The van der Waals surface area contributed by atoms with Crippen LogP contribution in [0.1, 0.15) is 117 Å². The smallest absolute Gasteiger partial charge is 0.472 e. The van der Waals surface area contributed by atoms with Crippen LogP contribution >= 0.6 is 7.82 Å². The number of aliphatic hydroxyl groups excluding tert-OH is 2. The van der Waals surface area contributed by atoms with E-state index in [9.17, 15) is 34.1 Å². The molecule has 13 nitrogen and oxygen atoms in total. The van der Waals surface area contributed by atoms with Gasteiger partial charge in [-0.15, -0.1) is 0 Å². The van der Waals surface area contributed by atoms with E-state index in [1.54, 1.807) is 30.4 Å². The quantitative estimate of drug-likeness (QED) is 0.0129. The summed E-state index contributed by atoms with van der Waals surface area (Å²) in [4.78, 5) is 46.0. The minimum Gasteiger partial charge on any atom is -0.480 e. The van der Waals surface area contributed by atoms with Gasteiger partial charge >= 0.3 is 25.7 Å². The molecule has 0 saturated carbocycles. The monoisotopic (exact) mass is 887 g/mol. The first kappa shape index (κ1) is 57.8. The molecule has 0 aromatic heterocycles. The fourth-order valence-electron chi connectivity index (χ4n) is 4.97. The number of ether oxygens (including phenoxy) is 2. The third-order valence-corrected chi connectivity index (χ3v) is 9.33. The van der Waals surface area contributed by atoms with Crippen molar-refractivity contribution in [2.45, 2.75) is 141 Å². The van der Waals surface area contributed by atoms with Crippen molar-refractivity contribution >= 4 is 25.7 Å². The third kappa shape index (κ3) is 39.9. The number of nitrogens with two attached hydrogens (primary N) is 1. The van der Waals surface area contributed by atoms with E-state index in [0.29, 0.717) is 32.1 Å². The first-order chi connectivity index (χ1) is 29.9.